The zero-order valence-electron chi connectivity index (χ0n) is 18.8. The number of carbonyl (C=O) groups excluding carboxylic acids is 2. The third-order valence-electron chi connectivity index (χ3n) is 6.99. The molecular weight excluding hydrogens is 436 g/mol. The number of hydrogen-bond donors (Lipinski definition) is 2. The quantitative estimate of drug-likeness (QED) is 0.723. The third-order valence-corrected chi connectivity index (χ3v) is 7.24. The first-order valence-electron chi connectivity index (χ1n) is 11.2. The third kappa shape index (κ3) is 3.49. The molecule has 3 aliphatic rings. The minimum absolute atomic E-state index is 0.0515. The summed E-state index contributed by atoms with van der Waals surface area (Å²) in [5.41, 5.74) is 2.29. The molecule has 2 unspecified atom stereocenters. The Morgan fingerprint density at radius 1 is 1.12 bits per heavy atom. The number of amides is 3. The Kier molecular flexibility index (Phi) is 5.20. The summed E-state index contributed by atoms with van der Waals surface area (Å²) in [6, 6.07) is 15.4. The number of fused-ring (bicyclic) bond motifs is 2. The maximum absolute atomic E-state index is 13.7. The summed E-state index contributed by atoms with van der Waals surface area (Å²) in [7, 11) is 0. The zero-order chi connectivity index (χ0) is 23.2. The van der Waals surface area contributed by atoms with E-state index in [1.54, 1.807) is 0 Å². The van der Waals surface area contributed by atoms with E-state index < -0.39 is 11.2 Å². The average Bonchev–Trinajstić information content (AvgIpc) is 3.18. The Morgan fingerprint density at radius 2 is 1.85 bits per heavy atom. The highest BCUT2D eigenvalue weighted by atomic mass is 35.5. The van der Waals surface area contributed by atoms with E-state index in [1.807, 2.05) is 90.5 Å². The number of nitrogens with zero attached hydrogens (tertiary/aromatic N) is 2. The highest BCUT2D eigenvalue weighted by molar-refractivity contribution is 6.30. The number of piperidine rings is 1. The van der Waals surface area contributed by atoms with Crippen LogP contribution in [0.4, 0.5) is 4.79 Å². The van der Waals surface area contributed by atoms with E-state index >= 15 is 0 Å². The standard InChI is InChI=1S/C26H27ClN4O2/c1-18-5-7-19(8-6-18)16-28-24(33)31-15-14-30-23(32)22-4-3-13-29-25(22,2)17-26(30,31)20-9-11-21(27)12-10-20/h3-13,29H,14-17H2,1-2H3,(H,28,33). The first kappa shape index (κ1) is 21.6. The number of rotatable bonds is 3. The van der Waals surface area contributed by atoms with Gasteiger partial charge in [-0.1, -0.05) is 53.6 Å². The number of nitrogens with one attached hydrogen (secondary N) is 2. The monoisotopic (exact) mass is 462 g/mol. The predicted octanol–water partition coefficient (Wildman–Crippen LogP) is 4.06. The molecule has 5 rings (SSSR count). The van der Waals surface area contributed by atoms with Crippen LogP contribution in [0.5, 0.6) is 0 Å². The van der Waals surface area contributed by atoms with Crippen molar-refractivity contribution in [3.05, 3.63) is 94.2 Å². The van der Waals surface area contributed by atoms with Crippen molar-refractivity contribution in [2.75, 3.05) is 13.1 Å². The van der Waals surface area contributed by atoms with Gasteiger partial charge in [0, 0.05) is 36.7 Å². The van der Waals surface area contributed by atoms with Gasteiger partial charge in [0.25, 0.3) is 5.91 Å². The van der Waals surface area contributed by atoms with Crippen molar-refractivity contribution in [1.82, 2.24) is 20.4 Å². The van der Waals surface area contributed by atoms with Crippen molar-refractivity contribution in [2.24, 2.45) is 0 Å². The number of dihydropyridines is 1. The van der Waals surface area contributed by atoms with Crippen LogP contribution in [0.25, 0.3) is 0 Å². The molecular formula is C26H27ClN4O2. The highest BCUT2D eigenvalue weighted by Crippen LogP contribution is 2.50. The van der Waals surface area contributed by atoms with Gasteiger partial charge in [0.1, 0.15) is 5.66 Å². The molecule has 3 amide bonds. The largest absolute Gasteiger partial charge is 0.381 e. The van der Waals surface area contributed by atoms with Crippen LogP contribution in [0.1, 0.15) is 30.0 Å². The highest BCUT2D eigenvalue weighted by Gasteiger charge is 2.61. The van der Waals surface area contributed by atoms with Crippen LogP contribution in [0.3, 0.4) is 0 Å². The molecule has 2 fully saturated rings. The number of aryl methyl sites for hydroxylation is 1. The van der Waals surface area contributed by atoms with Crippen molar-refractivity contribution in [3.63, 3.8) is 0 Å². The topological polar surface area (TPSA) is 64.7 Å². The Hall–Kier alpha value is -3.25. The van der Waals surface area contributed by atoms with Crippen LogP contribution in [0.15, 0.2) is 72.5 Å². The maximum atomic E-state index is 13.7. The van der Waals surface area contributed by atoms with Gasteiger partial charge in [-0.3, -0.25) is 9.69 Å². The van der Waals surface area contributed by atoms with Gasteiger partial charge >= 0.3 is 6.03 Å². The molecule has 0 bridgehead atoms. The SMILES string of the molecule is Cc1ccc(CNC(=O)N2CCN3C(=O)C4=CC=CNC4(C)CC23c2ccc(Cl)cc2)cc1. The van der Waals surface area contributed by atoms with Crippen molar-refractivity contribution < 1.29 is 9.59 Å². The van der Waals surface area contributed by atoms with Crippen molar-refractivity contribution in [1.29, 1.82) is 0 Å². The summed E-state index contributed by atoms with van der Waals surface area (Å²) >= 11 is 6.18. The van der Waals surface area contributed by atoms with Crippen LogP contribution >= 0.6 is 11.6 Å². The minimum atomic E-state index is -0.913. The van der Waals surface area contributed by atoms with Crippen molar-refractivity contribution in [3.8, 4) is 0 Å². The number of carbonyl (C=O) groups is 2. The lowest BCUT2D eigenvalue weighted by Crippen LogP contribution is -2.67. The number of halogens is 1. The van der Waals surface area contributed by atoms with Crippen LogP contribution in [0, 0.1) is 6.92 Å². The van der Waals surface area contributed by atoms with E-state index in [1.165, 1.54) is 5.56 Å². The summed E-state index contributed by atoms with van der Waals surface area (Å²) in [6.45, 7) is 5.40. The molecule has 0 radical (unpaired) electrons. The maximum Gasteiger partial charge on any atom is 0.319 e. The normalized spacial score (nSPS) is 25.8. The van der Waals surface area contributed by atoms with Gasteiger partial charge < -0.3 is 15.5 Å². The molecule has 2 atom stereocenters. The van der Waals surface area contributed by atoms with E-state index in [-0.39, 0.29) is 11.9 Å². The fourth-order valence-corrected chi connectivity index (χ4v) is 5.41. The van der Waals surface area contributed by atoms with Gasteiger partial charge in [-0.15, -0.1) is 0 Å². The van der Waals surface area contributed by atoms with Crippen LogP contribution in [-0.4, -0.2) is 40.4 Å². The number of hydrogen-bond acceptors (Lipinski definition) is 3. The van der Waals surface area contributed by atoms with Crippen LogP contribution < -0.4 is 10.6 Å². The molecule has 3 heterocycles. The molecule has 2 N–H and O–H groups in total. The Balaban J connectivity index is 1.52. The summed E-state index contributed by atoms with van der Waals surface area (Å²) in [6.07, 6.45) is 6.12. The van der Waals surface area contributed by atoms with E-state index in [2.05, 4.69) is 10.6 Å². The van der Waals surface area contributed by atoms with Gasteiger partial charge in [-0.05, 0) is 55.5 Å². The Bertz CT molecular complexity index is 1160. The smallest absolute Gasteiger partial charge is 0.319 e. The number of allylic oxidation sites excluding steroid dienone is 2. The number of benzene rings is 2. The summed E-state index contributed by atoms with van der Waals surface area (Å²) in [5.74, 6) is -0.0515. The molecule has 7 heteroatoms. The molecule has 2 aromatic rings. The molecule has 0 saturated carbocycles. The first-order valence-corrected chi connectivity index (χ1v) is 11.6. The fourth-order valence-electron chi connectivity index (χ4n) is 5.29. The van der Waals surface area contributed by atoms with Crippen molar-refractivity contribution in [2.45, 2.75) is 38.0 Å². The Morgan fingerprint density at radius 3 is 2.58 bits per heavy atom. The Labute approximate surface area is 198 Å². The van der Waals surface area contributed by atoms with Gasteiger partial charge in [0.2, 0.25) is 0 Å². The second kappa shape index (κ2) is 7.96. The second-order valence-electron chi connectivity index (χ2n) is 9.17. The first-order chi connectivity index (χ1) is 15.8. The van der Waals surface area contributed by atoms with Crippen LogP contribution in [-0.2, 0) is 17.0 Å². The zero-order valence-corrected chi connectivity index (χ0v) is 19.5. The molecule has 0 spiro atoms. The molecule has 2 saturated heterocycles. The lowest BCUT2D eigenvalue weighted by molar-refractivity contribution is -0.141. The summed E-state index contributed by atoms with van der Waals surface area (Å²) in [4.78, 5) is 30.9. The van der Waals surface area contributed by atoms with E-state index in [4.69, 9.17) is 11.6 Å². The lowest BCUT2D eigenvalue weighted by atomic mass is 9.73. The van der Waals surface area contributed by atoms with Gasteiger partial charge in [0.15, 0.2) is 0 Å². The molecule has 0 aliphatic carbocycles. The number of urea groups is 1. The van der Waals surface area contributed by atoms with Crippen molar-refractivity contribution >= 4 is 23.5 Å². The van der Waals surface area contributed by atoms with E-state index in [9.17, 15) is 9.59 Å². The molecule has 0 aromatic heterocycles. The van der Waals surface area contributed by atoms with Gasteiger partial charge in [-0.25, -0.2) is 4.79 Å². The molecule has 170 valence electrons. The predicted molar refractivity (Wildman–Crippen MR) is 128 cm³/mol. The van der Waals surface area contributed by atoms with Gasteiger partial charge in [-0.2, -0.15) is 0 Å². The minimum Gasteiger partial charge on any atom is -0.381 e. The lowest BCUT2D eigenvalue weighted by Gasteiger charge is -2.54. The molecule has 33 heavy (non-hydrogen) atoms. The molecule has 2 aromatic carbocycles. The van der Waals surface area contributed by atoms with Crippen LogP contribution in [0.2, 0.25) is 5.02 Å². The molecule has 3 aliphatic heterocycles. The average molecular weight is 463 g/mol. The fraction of sp³-hybridized carbons (Fsp3) is 0.308. The molecule has 6 nitrogen and oxygen atoms in total. The summed E-state index contributed by atoms with van der Waals surface area (Å²) < 4.78 is 0. The van der Waals surface area contributed by atoms with E-state index in [0.717, 1.165) is 16.7 Å². The summed E-state index contributed by atoms with van der Waals surface area (Å²) in [5, 5.41) is 7.07. The van der Waals surface area contributed by atoms with Gasteiger partial charge in [0.05, 0.1) is 5.54 Å². The second-order valence-corrected chi connectivity index (χ2v) is 9.61. The van der Waals surface area contributed by atoms with E-state index in [0.29, 0.717) is 31.1 Å².